The fourth-order valence-electron chi connectivity index (χ4n) is 0.406. The van der Waals surface area contributed by atoms with E-state index in [4.69, 9.17) is 0 Å². The zero-order valence-electron chi connectivity index (χ0n) is 7.53. The fraction of sp³-hybridized carbons (Fsp3) is 0.667. The molecule has 0 unspecified atom stereocenters. The molecule has 0 radical (unpaired) electrons. The Morgan fingerprint density at radius 2 is 1.08 bits per heavy atom. The van der Waals surface area contributed by atoms with E-state index in [2.05, 4.69) is 9.68 Å². The van der Waals surface area contributed by atoms with Crippen LogP contribution in [-0.2, 0) is 19.3 Å². The summed E-state index contributed by atoms with van der Waals surface area (Å²) in [5.74, 6) is -2.10. The van der Waals surface area contributed by atoms with Crippen LogP contribution in [0, 0.1) is 0 Å². The Hall–Kier alpha value is -1.14. The molecular weight excluding hydrogens is 164 g/mol. The lowest BCUT2D eigenvalue weighted by Crippen LogP contribution is -2.30. The largest absolute Gasteiger partial charge is 0.438 e. The number of hydrogen-bond donors (Lipinski definition) is 0. The SMILES string of the molecule is CN(C)OC(=O)C(=O)ON(C)C. The minimum atomic E-state index is -1.05. The molecule has 0 fully saturated rings. The van der Waals surface area contributed by atoms with Crippen molar-refractivity contribution < 1.29 is 19.3 Å². The minimum absolute atomic E-state index is 1.05. The van der Waals surface area contributed by atoms with E-state index in [0.29, 0.717) is 0 Å². The minimum Gasteiger partial charge on any atom is -0.359 e. The second-order valence-electron chi connectivity index (χ2n) is 2.38. The van der Waals surface area contributed by atoms with Crippen LogP contribution < -0.4 is 0 Å². The summed E-state index contributed by atoms with van der Waals surface area (Å²) in [6.07, 6.45) is 0. The van der Waals surface area contributed by atoms with Gasteiger partial charge in [0.15, 0.2) is 0 Å². The number of rotatable bonds is 2. The Labute approximate surface area is 70.5 Å². The van der Waals surface area contributed by atoms with E-state index in [9.17, 15) is 9.59 Å². The van der Waals surface area contributed by atoms with Crippen LogP contribution in [0.4, 0.5) is 0 Å². The molecule has 0 spiro atoms. The second-order valence-corrected chi connectivity index (χ2v) is 2.38. The standard InChI is InChI=1S/C6H12N2O4/c1-7(2)11-5(9)6(10)12-8(3)4/h1-4H3. The van der Waals surface area contributed by atoms with E-state index >= 15 is 0 Å². The lowest BCUT2D eigenvalue weighted by Gasteiger charge is -2.11. The first-order valence-electron chi connectivity index (χ1n) is 3.22. The molecule has 0 bridgehead atoms. The van der Waals surface area contributed by atoms with E-state index in [1.165, 1.54) is 28.2 Å². The van der Waals surface area contributed by atoms with E-state index in [1.54, 1.807) is 0 Å². The van der Waals surface area contributed by atoms with Crippen molar-refractivity contribution in [3.63, 3.8) is 0 Å². The van der Waals surface area contributed by atoms with Crippen molar-refractivity contribution in [1.29, 1.82) is 0 Å². The van der Waals surface area contributed by atoms with Crippen molar-refractivity contribution in [1.82, 2.24) is 10.1 Å². The topological polar surface area (TPSA) is 59.1 Å². The lowest BCUT2D eigenvalue weighted by atomic mass is 10.7. The molecule has 0 saturated carbocycles. The summed E-state index contributed by atoms with van der Waals surface area (Å²) in [5, 5.41) is 2.22. The third-order valence-corrected chi connectivity index (χ3v) is 0.698. The molecule has 0 rings (SSSR count). The van der Waals surface area contributed by atoms with E-state index in [-0.39, 0.29) is 0 Å². The van der Waals surface area contributed by atoms with Crippen LogP contribution in [0.5, 0.6) is 0 Å². The molecule has 0 heterocycles. The van der Waals surface area contributed by atoms with Gasteiger partial charge in [0, 0.05) is 28.2 Å². The summed E-state index contributed by atoms with van der Waals surface area (Å²) in [5.41, 5.74) is 0. The van der Waals surface area contributed by atoms with Crippen LogP contribution in [0.15, 0.2) is 0 Å². The van der Waals surface area contributed by atoms with Crippen LogP contribution >= 0.6 is 0 Å². The average Bonchev–Trinajstić information content (AvgIpc) is 1.84. The number of hydroxylamine groups is 4. The van der Waals surface area contributed by atoms with Crippen molar-refractivity contribution in [2.24, 2.45) is 0 Å². The fourth-order valence-corrected chi connectivity index (χ4v) is 0.406. The van der Waals surface area contributed by atoms with E-state index in [1.807, 2.05) is 0 Å². The number of nitrogens with zero attached hydrogens (tertiary/aromatic N) is 2. The van der Waals surface area contributed by atoms with Gasteiger partial charge in [0.25, 0.3) is 0 Å². The van der Waals surface area contributed by atoms with Crippen LogP contribution in [-0.4, -0.2) is 50.3 Å². The summed E-state index contributed by atoms with van der Waals surface area (Å²) in [4.78, 5) is 30.3. The first kappa shape index (κ1) is 10.9. The summed E-state index contributed by atoms with van der Waals surface area (Å²) >= 11 is 0. The average molecular weight is 176 g/mol. The Kier molecular flexibility index (Phi) is 4.24. The van der Waals surface area contributed by atoms with Gasteiger partial charge in [-0.3, -0.25) is 0 Å². The van der Waals surface area contributed by atoms with Crippen molar-refractivity contribution in [2.45, 2.75) is 0 Å². The quantitative estimate of drug-likeness (QED) is 0.398. The molecule has 0 aromatic heterocycles. The van der Waals surface area contributed by atoms with Gasteiger partial charge in [-0.25, -0.2) is 9.59 Å². The zero-order valence-corrected chi connectivity index (χ0v) is 7.53. The van der Waals surface area contributed by atoms with Gasteiger partial charge < -0.3 is 9.68 Å². The predicted octanol–water partition coefficient (Wildman–Crippen LogP) is -0.974. The third kappa shape index (κ3) is 4.64. The lowest BCUT2D eigenvalue weighted by molar-refractivity contribution is -0.206. The van der Waals surface area contributed by atoms with Gasteiger partial charge in [-0.05, 0) is 0 Å². The maximum atomic E-state index is 10.7. The van der Waals surface area contributed by atoms with E-state index < -0.39 is 11.9 Å². The first-order valence-corrected chi connectivity index (χ1v) is 3.22. The van der Waals surface area contributed by atoms with Gasteiger partial charge in [-0.2, -0.15) is 0 Å². The summed E-state index contributed by atoms with van der Waals surface area (Å²) in [7, 11) is 5.95. The van der Waals surface area contributed by atoms with Gasteiger partial charge in [0.2, 0.25) is 0 Å². The molecule has 6 nitrogen and oxygen atoms in total. The van der Waals surface area contributed by atoms with Gasteiger partial charge in [-0.1, -0.05) is 0 Å². The van der Waals surface area contributed by atoms with E-state index in [0.717, 1.165) is 10.1 Å². The summed E-state index contributed by atoms with van der Waals surface area (Å²) in [6, 6.07) is 0. The molecule has 70 valence electrons. The Morgan fingerprint density at radius 1 is 0.833 bits per heavy atom. The maximum absolute atomic E-state index is 10.7. The van der Waals surface area contributed by atoms with Gasteiger partial charge >= 0.3 is 11.9 Å². The summed E-state index contributed by atoms with van der Waals surface area (Å²) in [6.45, 7) is 0. The molecular formula is C6H12N2O4. The number of carbonyl (C=O) groups is 2. The first-order chi connectivity index (χ1) is 5.43. The third-order valence-electron chi connectivity index (χ3n) is 0.698. The highest BCUT2D eigenvalue weighted by Crippen LogP contribution is 1.87. The molecule has 0 aromatic rings. The molecule has 0 aromatic carbocycles. The van der Waals surface area contributed by atoms with Crippen LogP contribution in [0.2, 0.25) is 0 Å². The van der Waals surface area contributed by atoms with Crippen LogP contribution in [0.3, 0.4) is 0 Å². The van der Waals surface area contributed by atoms with Crippen LogP contribution in [0.25, 0.3) is 0 Å². The van der Waals surface area contributed by atoms with Crippen molar-refractivity contribution in [2.75, 3.05) is 28.2 Å². The second kappa shape index (κ2) is 4.68. The highest BCUT2D eigenvalue weighted by Gasteiger charge is 2.19. The van der Waals surface area contributed by atoms with Gasteiger partial charge in [0.1, 0.15) is 0 Å². The normalized spacial score (nSPS) is 10.2. The molecule has 0 aliphatic carbocycles. The Morgan fingerprint density at radius 3 is 1.25 bits per heavy atom. The zero-order chi connectivity index (χ0) is 9.72. The highest BCUT2D eigenvalue weighted by molar-refractivity contribution is 6.29. The smallest absolute Gasteiger partial charge is 0.359 e. The number of carbonyl (C=O) groups excluding carboxylic acids is 2. The molecule has 0 aliphatic heterocycles. The van der Waals surface area contributed by atoms with Gasteiger partial charge in [-0.15, -0.1) is 10.1 Å². The van der Waals surface area contributed by atoms with Crippen molar-refractivity contribution >= 4 is 11.9 Å². The monoisotopic (exact) mass is 176 g/mol. The van der Waals surface area contributed by atoms with Crippen molar-refractivity contribution in [3.05, 3.63) is 0 Å². The summed E-state index contributed by atoms with van der Waals surface area (Å²) < 4.78 is 0. The molecule has 0 amide bonds. The molecule has 0 saturated heterocycles. The maximum Gasteiger partial charge on any atom is 0.438 e. The number of hydrogen-bond acceptors (Lipinski definition) is 6. The van der Waals surface area contributed by atoms with Crippen LogP contribution in [0.1, 0.15) is 0 Å². The highest BCUT2D eigenvalue weighted by atomic mass is 16.8. The van der Waals surface area contributed by atoms with Crippen molar-refractivity contribution in [3.8, 4) is 0 Å². The molecule has 0 aliphatic rings. The Balaban J connectivity index is 3.86. The predicted molar refractivity (Wildman–Crippen MR) is 39.6 cm³/mol. The molecule has 0 N–H and O–H groups in total. The Bertz CT molecular complexity index is 158. The molecule has 0 atom stereocenters. The molecule has 12 heavy (non-hydrogen) atoms. The van der Waals surface area contributed by atoms with Gasteiger partial charge in [0.05, 0.1) is 0 Å². The molecule has 6 heteroatoms.